The van der Waals surface area contributed by atoms with Crippen molar-refractivity contribution in [1.29, 1.82) is 0 Å². The van der Waals surface area contributed by atoms with Gasteiger partial charge >= 0.3 is 5.97 Å². The lowest BCUT2D eigenvalue weighted by Crippen LogP contribution is -2.18. The van der Waals surface area contributed by atoms with E-state index < -0.39 is 5.97 Å². The fourth-order valence-corrected chi connectivity index (χ4v) is 2.26. The molecule has 6 heteroatoms. The predicted octanol–water partition coefficient (Wildman–Crippen LogP) is 2.17. The molecular formula is C16H15N3O3. The average molecular weight is 297 g/mol. The van der Waals surface area contributed by atoms with Crippen LogP contribution in [-0.2, 0) is 4.74 Å². The lowest BCUT2D eigenvalue weighted by molar-refractivity contribution is 0.0519. The molecule has 0 bridgehead atoms. The van der Waals surface area contributed by atoms with Crippen LogP contribution in [0.25, 0.3) is 16.9 Å². The summed E-state index contributed by atoms with van der Waals surface area (Å²) in [6.07, 6.45) is 0. The van der Waals surface area contributed by atoms with Gasteiger partial charge in [-0.05, 0) is 25.5 Å². The Kier molecular flexibility index (Phi) is 3.50. The summed E-state index contributed by atoms with van der Waals surface area (Å²) in [5.41, 5.74) is 2.86. The molecule has 0 amide bonds. The van der Waals surface area contributed by atoms with E-state index in [1.807, 2.05) is 31.2 Å². The minimum Gasteiger partial charge on any atom is -0.461 e. The second kappa shape index (κ2) is 5.48. The highest BCUT2D eigenvalue weighted by molar-refractivity contribution is 5.87. The first kappa shape index (κ1) is 14.1. The van der Waals surface area contributed by atoms with Crippen molar-refractivity contribution in [3.8, 4) is 11.3 Å². The molecule has 0 radical (unpaired) electrons. The van der Waals surface area contributed by atoms with Gasteiger partial charge in [-0.3, -0.25) is 9.89 Å². The highest BCUT2D eigenvalue weighted by Gasteiger charge is 2.13. The van der Waals surface area contributed by atoms with Crippen molar-refractivity contribution in [2.75, 3.05) is 6.61 Å². The number of rotatable bonds is 3. The first-order valence-corrected chi connectivity index (χ1v) is 6.95. The zero-order chi connectivity index (χ0) is 15.7. The Morgan fingerprint density at radius 3 is 2.86 bits per heavy atom. The summed E-state index contributed by atoms with van der Waals surface area (Å²) in [6.45, 7) is 3.94. The van der Waals surface area contributed by atoms with E-state index in [9.17, 15) is 9.59 Å². The second-order valence-electron chi connectivity index (χ2n) is 4.93. The molecule has 1 aromatic carbocycles. The summed E-state index contributed by atoms with van der Waals surface area (Å²) in [4.78, 5) is 28.0. The third-order valence-corrected chi connectivity index (χ3v) is 3.26. The first-order chi connectivity index (χ1) is 10.6. The molecule has 3 rings (SSSR count). The summed E-state index contributed by atoms with van der Waals surface area (Å²) < 4.78 is 6.19. The number of esters is 1. The number of aryl methyl sites for hydroxylation is 1. The third-order valence-electron chi connectivity index (χ3n) is 3.26. The van der Waals surface area contributed by atoms with E-state index in [1.54, 1.807) is 13.0 Å². The molecule has 6 nitrogen and oxygen atoms in total. The van der Waals surface area contributed by atoms with Crippen molar-refractivity contribution in [3.05, 3.63) is 58.0 Å². The van der Waals surface area contributed by atoms with Crippen LogP contribution in [0.2, 0.25) is 0 Å². The number of aromatic amines is 1. The molecule has 0 unspecified atom stereocenters. The van der Waals surface area contributed by atoms with E-state index in [-0.39, 0.29) is 17.9 Å². The molecule has 0 aliphatic heterocycles. The second-order valence-corrected chi connectivity index (χ2v) is 4.93. The molecular weight excluding hydrogens is 282 g/mol. The van der Waals surface area contributed by atoms with E-state index in [1.165, 1.54) is 10.6 Å². The van der Waals surface area contributed by atoms with Crippen molar-refractivity contribution in [2.45, 2.75) is 13.8 Å². The number of fused-ring (bicyclic) bond motifs is 1. The zero-order valence-corrected chi connectivity index (χ0v) is 12.3. The molecule has 2 heterocycles. The minimum atomic E-state index is -0.597. The number of hydrogen-bond donors (Lipinski definition) is 1. The first-order valence-electron chi connectivity index (χ1n) is 6.95. The highest BCUT2D eigenvalue weighted by Crippen LogP contribution is 2.19. The summed E-state index contributed by atoms with van der Waals surface area (Å²) in [6, 6.07) is 10.8. The number of carbonyl (C=O) groups is 1. The fourth-order valence-electron chi connectivity index (χ4n) is 2.26. The van der Waals surface area contributed by atoms with Gasteiger partial charge in [-0.25, -0.2) is 14.3 Å². The van der Waals surface area contributed by atoms with Gasteiger partial charge in [0.05, 0.1) is 12.3 Å². The van der Waals surface area contributed by atoms with Crippen molar-refractivity contribution in [1.82, 2.24) is 14.6 Å². The molecule has 0 aliphatic carbocycles. The molecule has 0 saturated heterocycles. The number of nitrogens with zero attached hydrogens (tertiary/aromatic N) is 2. The van der Waals surface area contributed by atoms with Gasteiger partial charge in [-0.15, -0.1) is 0 Å². The monoisotopic (exact) mass is 297 g/mol. The van der Waals surface area contributed by atoms with Crippen LogP contribution in [0.3, 0.4) is 0 Å². The van der Waals surface area contributed by atoms with Crippen LogP contribution < -0.4 is 5.56 Å². The highest BCUT2D eigenvalue weighted by atomic mass is 16.5. The fraction of sp³-hybridized carbons (Fsp3) is 0.188. The molecule has 0 aliphatic rings. The molecule has 0 saturated carbocycles. The summed E-state index contributed by atoms with van der Waals surface area (Å²) >= 11 is 0. The Balaban J connectivity index is 2.12. The lowest BCUT2D eigenvalue weighted by atomic mass is 10.1. The molecule has 22 heavy (non-hydrogen) atoms. The van der Waals surface area contributed by atoms with E-state index in [4.69, 9.17) is 4.74 Å². The number of ether oxygens (including phenoxy) is 1. The van der Waals surface area contributed by atoms with Crippen molar-refractivity contribution < 1.29 is 9.53 Å². The average Bonchev–Trinajstić information content (AvgIpc) is 2.92. The Morgan fingerprint density at radius 1 is 1.32 bits per heavy atom. The van der Waals surface area contributed by atoms with Crippen LogP contribution in [0, 0.1) is 6.92 Å². The minimum absolute atomic E-state index is 0.0154. The normalized spacial score (nSPS) is 10.8. The Bertz CT molecular complexity index is 908. The van der Waals surface area contributed by atoms with Crippen LogP contribution >= 0.6 is 0 Å². The van der Waals surface area contributed by atoms with Gasteiger partial charge in [0.25, 0.3) is 5.56 Å². The summed E-state index contributed by atoms with van der Waals surface area (Å²) in [5.74, 6) is -0.597. The van der Waals surface area contributed by atoms with Gasteiger partial charge in [0.1, 0.15) is 0 Å². The largest absolute Gasteiger partial charge is 0.461 e. The van der Waals surface area contributed by atoms with Crippen LogP contribution in [0.1, 0.15) is 23.0 Å². The van der Waals surface area contributed by atoms with Crippen LogP contribution in [-0.4, -0.2) is 27.2 Å². The molecule has 112 valence electrons. The molecule has 0 fully saturated rings. The Morgan fingerprint density at radius 2 is 2.14 bits per heavy atom. The van der Waals surface area contributed by atoms with Crippen molar-refractivity contribution >= 4 is 11.6 Å². The number of H-pyrrole nitrogens is 1. The molecule has 1 N–H and O–H groups in total. The maximum absolute atomic E-state index is 12.1. The Labute approximate surface area is 126 Å². The summed E-state index contributed by atoms with van der Waals surface area (Å²) in [7, 11) is 0. The van der Waals surface area contributed by atoms with Gasteiger partial charge in [0.2, 0.25) is 0 Å². The smallest absolute Gasteiger partial charge is 0.357 e. The lowest BCUT2D eigenvalue weighted by Gasteiger charge is -2.00. The van der Waals surface area contributed by atoms with Gasteiger partial charge in [0.15, 0.2) is 11.3 Å². The van der Waals surface area contributed by atoms with Crippen molar-refractivity contribution in [2.24, 2.45) is 0 Å². The zero-order valence-electron chi connectivity index (χ0n) is 12.3. The maximum Gasteiger partial charge on any atom is 0.357 e. The molecule has 3 aromatic rings. The molecule has 0 spiro atoms. The van der Waals surface area contributed by atoms with E-state index >= 15 is 0 Å². The topological polar surface area (TPSA) is 76.5 Å². The molecule has 0 atom stereocenters. The Hall–Kier alpha value is -2.89. The number of carbonyl (C=O) groups excluding carboxylic acids is 1. The van der Waals surface area contributed by atoms with Crippen LogP contribution in [0.5, 0.6) is 0 Å². The van der Waals surface area contributed by atoms with Crippen LogP contribution in [0.15, 0.2) is 41.2 Å². The standard InChI is InChI=1S/C16H15N3O3/c1-3-22-16(21)13-9-15(20)19-14(17-13)8-12(18-19)11-6-4-5-10(2)7-11/h4-9,18H,3H2,1-2H3. The van der Waals surface area contributed by atoms with Crippen LogP contribution in [0.4, 0.5) is 0 Å². The number of benzene rings is 1. The van der Waals surface area contributed by atoms with E-state index in [0.717, 1.165) is 16.8 Å². The van der Waals surface area contributed by atoms with Gasteiger partial charge in [-0.2, -0.15) is 0 Å². The quantitative estimate of drug-likeness (QED) is 0.752. The van der Waals surface area contributed by atoms with Gasteiger partial charge in [-0.1, -0.05) is 23.8 Å². The van der Waals surface area contributed by atoms with Gasteiger partial charge in [0, 0.05) is 12.1 Å². The number of aromatic nitrogens is 3. The maximum atomic E-state index is 12.1. The number of nitrogens with one attached hydrogen (secondary N) is 1. The van der Waals surface area contributed by atoms with Gasteiger partial charge < -0.3 is 4.74 Å². The third kappa shape index (κ3) is 2.50. The summed E-state index contributed by atoms with van der Waals surface area (Å²) in [5, 5.41) is 3.00. The predicted molar refractivity (Wildman–Crippen MR) is 81.9 cm³/mol. The van der Waals surface area contributed by atoms with Crippen molar-refractivity contribution in [3.63, 3.8) is 0 Å². The number of hydrogen-bond acceptors (Lipinski definition) is 4. The van der Waals surface area contributed by atoms with E-state index in [2.05, 4.69) is 10.1 Å². The van der Waals surface area contributed by atoms with E-state index in [0.29, 0.717) is 5.65 Å². The molecule has 2 aromatic heterocycles. The SMILES string of the molecule is CCOC(=O)c1cc(=O)n2[nH]c(-c3cccc(C)c3)cc2n1.